The van der Waals surface area contributed by atoms with Crippen LogP contribution in [-0.4, -0.2) is 46.6 Å². The third-order valence-corrected chi connectivity index (χ3v) is 5.41. The van der Waals surface area contributed by atoms with Gasteiger partial charge in [-0.25, -0.2) is 4.79 Å². The van der Waals surface area contributed by atoms with E-state index in [9.17, 15) is 9.90 Å². The highest BCUT2D eigenvalue weighted by Gasteiger charge is 2.32. The van der Waals surface area contributed by atoms with Gasteiger partial charge in [-0.05, 0) is 23.6 Å². The molecule has 1 saturated heterocycles. The molecule has 0 spiro atoms. The summed E-state index contributed by atoms with van der Waals surface area (Å²) in [6, 6.07) is 16.3. The van der Waals surface area contributed by atoms with Crippen LogP contribution in [0.1, 0.15) is 29.8 Å². The van der Waals surface area contributed by atoms with E-state index < -0.39 is 5.97 Å². The first kappa shape index (κ1) is 18.5. The number of piperazine rings is 1. The van der Waals surface area contributed by atoms with Gasteiger partial charge in [0.15, 0.2) is 5.58 Å². The molecular formula is C22H25N3O3. The number of aromatic nitrogens is 1. The first-order valence-electron chi connectivity index (χ1n) is 9.68. The maximum atomic E-state index is 11.5. The maximum Gasteiger partial charge on any atom is 0.338 e. The van der Waals surface area contributed by atoms with Crippen LogP contribution in [0.3, 0.4) is 0 Å². The van der Waals surface area contributed by atoms with Crippen molar-refractivity contribution in [2.24, 2.45) is 5.92 Å². The summed E-state index contributed by atoms with van der Waals surface area (Å²) in [5.74, 6) is -0.578. The summed E-state index contributed by atoms with van der Waals surface area (Å²) in [6.45, 7) is 7.95. The minimum atomic E-state index is -0.987. The molecule has 1 aliphatic rings. The summed E-state index contributed by atoms with van der Waals surface area (Å²) in [4.78, 5) is 20.7. The average molecular weight is 379 g/mol. The zero-order valence-corrected chi connectivity index (χ0v) is 16.2. The number of aromatic carboxylic acids is 1. The number of carboxylic acid groups (broad SMARTS) is 1. The lowest BCUT2D eigenvalue weighted by atomic mass is 9.99. The molecule has 1 aromatic heterocycles. The third-order valence-electron chi connectivity index (χ3n) is 5.41. The second kappa shape index (κ2) is 7.64. The van der Waals surface area contributed by atoms with Gasteiger partial charge in [0.2, 0.25) is 0 Å². The van der Waals surface area contributed by atoms with Gasteiger partial charge in [-0.2, -0.15) is 4.98 Å². The molecule has 1 aliphatic heterocycles. The van der Waals surface area contributed by atoms with Crippen LogP contribution in [0.5, 0.6) is 0 Å². The molecule has 1 fully saturated rings. The van der Waals surface area contributed by atoms with E-state index >= 15 is 0 Å². The van der Waals surface area contributed by atoms with Gasteiger partial charge in [0, 0.05) is 32.2 Å². The van der Waals surface area contributed by atoms with Crippen molar-refractivity contribution >= 4 is 23.1 Å². The first-order valence-corrected chi connectivity index (χ1v) is 9.68. The standard InChI is InChI=1S/C22H25N3O3/c1-15(2)18-14-24(13-16-7-4-3-5-8-16)11-12-25(18)22-23-20-17(21(26)27)9-6-10-19(20)28-22/h3-10,15,18H,11-14H2,1-2H3,(H,26,27)/t18-/m1/s1. The Bertz CT molecular complexity index is 968. The van der Waals surface area contributed by atoms with Crippen LogP contribution in [0.15, 0.2) is 52.9 Å². The van der Waals surface area contributed by atoms with Crippen molar-refractivity contribution in [3.8, 4) is 0 Å². The minimum absolute atomic E-state index is 0.177. The molecule has 4 rings (SSSR count). The molecule has 1 atom stereocenters. The Hall–Kier alpha value is -2.86. The van der Waals surface area contributed by atoms with Gasteiger partial charge in [-0.1, -0.05) is 50.2 Å². The van der Waals surface area contributed by atoms with E-state index in [1.807, 2.05) is 6.07 Å². The molecule has 3 aromatic rings. The Labute approximate surface area is 164 Å². The van der Waals surface area contributed by atoms with Crippen molar-refractivity contribution in [2.45, 2.75) is 26.4 Å². The number of nitrogens with zero attached hydrogens (tertiary/aromatic N) is 3. The summed E-state index contributed by atoms with van der Waals surface area (Å²) in [7, 11) is 0. The number of carbonyl (C=O) groups is 1. The van der Waals surface area contributed by atoms with Crippen LogP contribution in [0.2, 0.25) is 0 Å². The molecule has 2 heterocycles. The van der Waals surface area contributed by atoms with E-state index in [1.165, 1.54) is 5.56 Å². The van der Waals surface area contributed by atoms with Crippen LogP contribution < -0.4 is 4.90 Å². The highest BCUT2D eigenvalue weighted by Crippen LogP contribution is 2.29. The molecule has 0 bridgehead atoms. The van der Waals surface area contributed by atoms with Gasteiger partial charge in [0.1, 0.15) is 5.52 Å². The Kier molecular flexibility index (Phi) is 5.05. The van der Waals surface area contributed by atoms with Gasteiger partial charge in [-0.15, -0.1) is 0 Å². The maximum absolute atomic E-state index is 11.5. The van der Waals surface area contributed by atoms with E-state index in [4.69, 9.17) is 4.42 Å². The number of oxazole rings is 1. The quantitative estimate of drug-likeness (QED) is 0.726. The summed E-state index contributed by atoms with van der Waals surface area (Å²) < 4.78 is 5.97. The Morgan fingerprint density at radius 1 is 1.18 bits per heavy atom. The third kappa shape index (κ3) is 3.60. The number of hydrogen-bond acceptors (Lipinski definition) is 5. The number of anilines is 1. The molecule has 146 valence electrons. The number of para-hydroxylation sites is 1. The second-order valence-electron chi connectivity index (χ2n) is 7.68. The lowest BCUT2D eigenvalue weighted by molar-refractivity contribution is 0.0699. The first-order chi connectivity index (χ1) is 13.5. The minimum Gasteiger partial charge on any atom is -0.478 e. The summed E-state index contributed by atoms with van der Waals surface area (Å²) in [5.41, 5.74) is 2.42. The monoisotopic (exact) mass is 379 g/mol. The predicted octanol–water partition coefficient (Wildman–Crippen LogP) is 3.87. The van der Waals surface area contributed by atoms with Crippen LogP contribution in [-0.2, 0) is 6.54 Å². The zero-order chi connectivity index (χ0) is 19.7. The summed E-state index contributed by atoms with van der Waals surface area (Å²) in [5, 5.41) is 9.42. The number of rotatable bonds is 5. The van der Waals surface area contributed by atoms with Crippen molar-refractivity contribution in [3.05, 3.63) is 59.7 Å². The van der Waals surface area contributed by atoms with E-state index in [0.29, 0.717) is 23.0 Å². The van der Waals surface area contributed by atoms with E-state index in [1.54, 1.807) is 18.2 Å². The topological polar surface area (TPSA) is 69.8 Å². The molecular weight excluding hydrogens is 354 g/mol. The van der Waals surface area contributed by atoms with E-state index in [2.05, 4.69) is 52.9 Å². The molecule has 0 aliphatic carbocycles. The van der Waals surface area contributed by atoms with Gasteiger partial charge in [-0.3, -0.25) is 4.90 Å². The van der Waals surface area contributed by atoms with Gasteiger partial charge in [0.25, 0.3) is 6.01 Å². The fourth-order valence-electron chi connectivity index (χ4n) is 3.90. The van der Waals surface area contributed by atoms with Crippen molar-refractivity contribution in [1.29, 1.82) is 0 Å². The molecule has 6 nitrogen and oxygen atoms in total. The van der Waals surface area contributed by atoms with Gasteiger partial charge < -0.3 is 14.4 Å². The summed E-state index contributed by atoms with van der Waals surface area (Å²) >= 11 is 0. The van der Waals surface area contributed by atoms with Crippen LogP contribution in [0.25, 0.3) is 11.1 Å². The Morgan fingerprint density at radius 3 is 2.68 bits per heavy atom. The lowest BCUT2D eigenvalue weighted by Crippen LogP contribution is -2.55. The van der Waals surface area contributed by atoms with Crippen LogP contribution in [0.4, 0.5) is 6.01 Å². The fraction of sp³-hybridized carbons (Fsp3) is 0.364. The molecule has 0 radical (unpaired) electrons. The zero-order valence-electron chi connectivity index (χ0n) is 16.2. The average Bonchev–Trinajstić information content (AvgIpc) is 3.12. The second-order valence-corrected chi connectivity index (χ2v) is 7.68. The Balaban J connectivity index is 1.58. The predicted molar refractivity (Wildman–Crippen MR) is 109 cm³/mol. The van der Waals surface area contributed by atoms with E-state index in [-0.39, 0.29) is 11.6 Å². The molecule has 0 unspecified atom stereocenters. The molecule has 1 N–H and O–H groups in total. The van der Waals surface area contributed by atoms with Crippen LogP contribution in [0, 0.1) is 5.92 Å². The van der Waals surface area contributed by atoms with Crippen molar-refractivity contribution in [2.75, 3.05) is 24.5 Å². The number of fused-ring (bicyclic) bond motifs is 1. The number of hydrogen-bond donors (Lipinski definition) is 1. The van der Waals surface area contributed by atoms with Gasteiger partial charge in [0.05, 0.1) is 5.56 Å². The highest BCUT2D eigenvalue weighted by molar-refractivity contribution is 6.00. The number of benzene rings is 2. The Morgan fingerprint density at radius 2 is 1.96 bits per heavy atom. The fourth-order valence-corrected chi connectivity index (χ4v) is 3.90. The van der Waals surface area contributed by atoms with Crippen molar-refractivity contribution in [3.63, 3.8) is 0 Å². The normalized spacial score (nSPS) is 18.1. The molecule has 0 amide bonds. The van der Waals surface area contributed by atoms with Crippen LogP contribution >= 0.6 is 0 Å². The molecule has 28 heavy (non-hydrogen) atoms. The largest absolute Gasteiger partial charge is 0.478 e. The lowest BCUT2D eigenvalue weighted by Gasteiger charge is -2.42. The molecule has 0 saturated carbocycles. The highest BCUT2D eigenvalue weighted by atomic mass is 16.4. The summed E-state index contributed by atoms with van der Waals surface area (Å²) in [6.07, 6.45) is 0. The SMILES string of the molecule is CC(C)[C@H]1CN(Cc2ccccc2)CCN1c1nc2c(C(=O)O)cccc2o1. The molecule has 2 aromatic carbocycles. The van der Waals surface area contributed by atoms with Crippen molar-refractivity contribution in [1.82, 2.24) is 9.88 Å². The van der Waals surface area contributed by atoms with E-state index in [0.717, 1.165) is 26.2 Å². The van der Waals surface area contributed by atoms with Gasteiger partial charge >= 0.3 is 5.97 Å². The van der Waals surface area contributed by atoms with Crippen molar-refractivity contribution < 1.29 is 14.3 Å². The smallest absolute Gasteiger partial charge is 0.338 e. The number of carboxylic acids is 1. The molecule has 6 heteroatoms.